The van der Waals surface area contributed by atoms with Crippen LogP contribution in [0.25, 0.3) is 0 Å². The molecule has 1 saturated carbocycles. The molecule has 0 radical (unpaired) electrons. The molecule has 0 spiro atoms. The third kappa shape index (κ3) is 4.37. The highest BCUT2D eigenvalue weighted by molar-refractivity contribution is 6.31. The summed E-state index contributed by atoms with van der Waals surface area (Å²) in [6.07, 6.45) is 7.14. The van der Waals surface area contributed by atoms with E-state index in [9.17, 15) is 0 Å². The summed E-state index contributed by atoms with van der Waals surface area (Å²) in [5, 5.41) is 0.854. The molecule has 3 unspecified atom stereocenters. The van der Waals surface area contributed by atoms with Crippen LogP contribution < -0.4 is 10.6 Å². The normalized spacial score (nSPS) is 23.9. The van der Waals surface area contributed by atoms with Crippen LogP contribution in [0.5, 0.6) is 0 Å². The maximum absolute atomic E-state index is 6.46. The number of nitrogens with zero attached hydrogens (tertiary/aromatic N) is 1. The van der Waals surface area contributed by atoms with Crippen molar-refractivity contribution in [3.63, 3.8) is 0 Å². The van der Waals surface area contributed by atoms with Gasteiger partial charge in [0.15, 0.2) is 0 Å². The van der Waals surface area contributed by atoms with Crippen LogP contribution in [-0.2, 0) is 6.42 Å². The molecule has 1 aromatic carbocycles. The fraction of sp³-hybridized carbons (Fsp3) is 0.667. The summed E-state index contributed by atoms with van der Waals surface area (Å²) in [5.41, 5.74) is 8.43. The van der Waals surface area contributed by atoms with E-state index in [4.69, 9.17) is 17.3 Å². The minimum Gasteiger partial charge on any atom is -0.372 e. The molecule has 0 bridgehead atoms. The predicted molar refractivity (Wildman–Crippen MR) is 93.2 cm³/mol. The number of hydrogen-bond donors (Lipinski definition) is 1. The van der Waals surface area contributed by atoms with Gasteiger partial charge >= 0.3 is 0 Å². The summed E-state index contributed by atoms with van der Waals surface area (Å²) in [7, 11) is 2.20. The van der Waals surface area contributed by atoms with E-state index in [0.29, 0.717) is 6.04 Å². The van der Waals surface area contributed by atoms with Gasteiger partial charge in [-0.25, -0.2) is 0 Å². The van der Waals surface area contributed by atoms with Crippen LogP contribution in [0, 0.1) is 5.92 Å². The Morgan fingerprint density at radius 2 is 2.14 bits per heavy atom. The van der Waals surface area contributed by atoms with Crippen molar-refractivity contribution in [3.05, 3.63) is 28.8 Å². The summed E-state index contributed by atoms with van der Waals surface area (Å²) in [6.45, 7) is 4.48. The number of hydrogen-bond acceptors (Lipinski definition) is 2. The Labute approximate surface area is 134 Å². The van der Waals surface area contributed by atoms with Crippen LogP contribution >= 0.6 is 11.6 Å². The first-order chi connectivity index (χ1) is 10.0. The summed E-state index contributed by atoms with van der Waals surface area (Å²) in [4.78, 5) is 2.41. The lowest BCUT2D eigenvalue weighted by molar-refractivity contribution is 0.336. The Morgan fingerprint density at radius 3 is 2.76 bits per heavy atom. The molecule has 0 heterocycles. The van der Waals surface area contributed by atoms with Gasteiger partial charge in [-0.15, -0.1) is 0 Å². The monoisotopic (exact) mass is 308 g/mol. The first kappa shape index (κ1) is 16.6. The number of rotatable bonds is 5. The lowest BCUT2D eigenvalue weighted by atomic mass is 9.86. The zero-order chi connectivity index (χ0) is 15.4. The third-order valence-electron chi connectivity index (χ3n) is 4.91. The lowest BCUT2D eigenvalue weighted by Gasteiger charge is -2.35. The van der Waals surface area contributed by atoms with Gasteiger partial charge in [0.25, 0.3) is 0 Å². The average Bonchev–Trinajstić information content (AvgIpc) is 2.48. The second-order valence-electron chi connectivity index (χ2n) is 6.68. The fourth-order valence-electron chi connectivity index (χ4n) is 3.31. The van der Waals surface area contributed by atoms with E-state index >= 15 is 0 Å². The van der Waals surface area contributed by atoms with Crippen molar-refractivity contribution < 1.29 is 0 Å². The van der Waals surface area contributed by atoms with Gasteiger partial charge in [0.1, 0.15) is 0 Å². The first-order valence-corrected chi connectivity index (χ1v) is 8.65. The van der Waals surface area contributed by atoms with Crippen molar-refractivity contribution in [1.82, 2.24) is 0 Å². The Balaban J connectivity index is 2.08. The van der Waals surface area contributed by atoms with E-state index in [2.05, 4.69) is 44.0 Å². The van der Waals surface area contributed by atoms with Crippen molar-refractivity contribution >= 4 is 17.3 Å². The average molecular weight is 309 g/mol. The molecule has 2 nitrogen and oxygen atoms in total. The second kappa shape index (κ2) is 7.51. The van der Waals surface area contributed by atoms with Gasteiger partial charge in [-0.05, 0) is 49.3 Å². The minimum absolute atomic E-state index is 0.199. The van der Waals surface area contributed by atoms with Crippen molar-refractivity contribution in [2.75, 3.05) is 11.9 Å². The van der Waals surface area contributed by atoms with Gasteiger partial charge < -0.3 is 10.6 Å². The summed E-state index contributed by atoms with van der Waals surface area (Å²) < 4.78 is 0. The van der Waals surface area contributed by atoms with Gasteiger partial charge in [0.2, 0.25) is 0 Å². The molecule has 2 rings (SSSR count). The van der Waals surface area contributed by atoms with Crippen LogP contribution in [0.2, 0.25) is 5.02 Å². The Kier molecular flexibility index (Phi) is 5.95. The fourth-order valence-corrected chi connectivity index (χ4v) is 3.56. The number of anilines is 1. The first-order valence-electron chi connectivity index (χ1n) is 8.28. The van der Waals surface area contributed by atoms with Gasteiger partial charge in [-0.3, -0.25) is 0 Å². The molecule has 21 heavy (non-hydrogen) atoms. The molecule has 0 saturated heterocycles. The Hall–Kier alpha value is -0.730. The maximum Gasteiger partial charge on any atom is 0.0459 e. The molecule has 0 aliphatic heterocycles. The summed E-state index contributed by atoms with van der Waals surface area (Å²) in [6, 6.07) is 7.30. The molecule has 1 aliphatic carbocycles. The van der Waals surface area contributed by atoms with E-state index in [0.717, 1.165) is 23.8 Å². The van der Waals surface area contributed by atoms with Gasteiger partial charge in [0, 0.05) is 29.8 Å². The van der Waals surface area contributed by atoms with E-state index in [-0.39, 0.29) is 6.04 Å². The number of halogens is 1. The zero-order valence-electron chi connectivity index (χ0n) is 13.6. The van der Waals surface area contributed by atoms with E-state index in [1.807, 2.05) is 0 Å². The SMILES string of the molecule is CCC(N)Cc1ccc(N(C)C2CCCC(C)C2)cc1Cl. The smallest absolute Gasteiger partial charge is 0.0459 e. The quantitative estimate of drug-likeness (QED) is 0.859. The second-order valence-corrected chi connectivity index (χ2v) is 7.09. The zero-order valence-corrected chi connectivity index (χ0v) is 14.4. The molecule has 3 heteroatoms. The van der Waals surface area contributed by atoms with Crippen LogP contribution in [0.15, 0.2) is 18.2 Å². The molecular formula is C18H29ClN2. The van der Waals surface area contributed by atoms with E-state index in [1.54, 1.807) is 0 Å². The molecule has 118 valence electrons. The van der Waals surface area contributed by atoms with E-state index < -0.39 is 0 Å². The van der Waals surface area contributed by atoms with E-state index in [1.165, 1.54) is 36.9 Å². The third-order valence-corrected chi connectivity index (χ3v) is 5.26. The van der Waals surface area contributed by atoms with Crippen LogP contribution in [0.4, 0.5) is 5.69 Å². The highest BCUT2D eigenvalue weighted by Crippen LogP contribution is 2.31. The van der Waals surface area contributed by atoms with Gasteiger partial charge in [0.05, 0.1) is 0 Å². The standard InChI is InChI=1S/C18H29ClN2/c1-4-15(20)11-14-8-9-17(12-18(14)19)21(3)16-7-5-6-13(2)10-16/h8-9,12-13,15-16H,4-7,10-11,20H2,1-3H3. The lowest BCUT2D eigenvalue weighted by Crippen LogP contribution is -2.35. The van der Waals surface area contributed by atoms with Crippen LogP contribution in [0.1, 0.15) is 51.5 Å². The maximum atomic E-state index is 6.46. The molecule has 0 amide bonds. The molecule has 1 aromatic rings. The summed E-state index contributed by atoms with van der Waals surface area (Å²) in [5.74, 6) is 0.837. The van der Waals surface area contributed by atoms with Crippen molar-refractivity contribution in [1.29, 1.82) is 0 Å². The highest BCUT2D eigenvalue weighted by Gasteiger charge is 2.23. The molecule has 1 fully saturated rings. The Morgan fingerprint density at radius 1 is 1.38 bits per heavy atom. The summed E-state index contributed by atoms with van der Waals surface area (Å²) >= 11 is 6.46. The highest BCUT2D eigenvalue weighted by atomic mass is 35.5. The molecule has 3 atom stereocenters. The largest absolute Gasteiger partial charge is 0.372 e. The molecule has 0 aromatic heterocycles. The van der Waals surface area contributed by atoms with Crippen LogP contribution in [-0.4, -0.2) is 19.1 Å². The van der Waals surface area contributed by atoms with Gasteiger partial charge in [-0.2, -0.15) is 0 Å². The number of benzene rings is 1. The van der Waals surface area contributed by atoms with Crippen molar-refractivity contribution in [2.45, 2.75) is 64.5 Å². The number of nitrogens with two attached hydrogens (primary N) is 1. The van der Waals surface area contributed by atoms with Crippen molar-refractivity contribution in [2.24, 2.45) is 11.7 Å². The minimum atomic E-state index is 0.199. The Bertz CT molecular complexity index is 461. The van der Waals surface area contributed by atoms with Crippen molar-refractivity contribution in [3.8, 4) is 0 Å². The van der Waals surface area contributed by atoms with Crippen LogP contribution in [0.3, 0.4) is 0 Å². The molecule has 1 aliphatic rings. The van der Waals surface area contributed by atoms with Gasteiger partial charge in [-0.1, -0.05) is 44.4 Å². The predicted octanol–water partition coefficient (Wildman–Crippen LogP) is 4.63. The topological polar surface area (TPSA) is 29.3 Å². The molecular weight excluding hydrogens is 280 g/mol. The molecule has 2 N–H and O–H groups in total.